The highest BCUT2D eigenvalue weighted by atomic mass is 79.9. The second-order valence-corrected chi connectivity index (χ2v) is 5.78. The molecule has 0 saturated heterocycles. The van der Waals surface area contributed by atoms with Gasteiger partial charge in [-0.05, 0) is 31.3 Å². The lowest BCUT2D eigenvalue weighted by Gasteiger charge is -2.14. The van der Waals surface area contributed by atoms with E-state index in [0.717, 1.165) is 42.1 Å². The van der Waals surface area contributed by atoms with Crippen LogP contribution in [0.15, 0.2) is 39.3 Å². The average Bonchev–Trinajstić information content (AvgIpc) is 2.86. The maximum Gasteiger partial charge on any atom is 0.151 e. The summed E-state index contributed by atoms with van der Waals surface area (Å²) < 4.78 is 6.45. The van der Waals surface area contributed by atoms with Crippen molar-refractivity contribution < 1.29 is 4.52 Å². The first-order valence-electron chi connectivity index (χ1n) is 6.75. The molecule has 1 heterocycles. The maximum absolute atomic E-state index is 5.35. The maximum atomic E-state index is 5.35. The van der Waals surface area contributed by atoms with Crippen molar-refractivity contribution in [2.24, 2.45) is 0 Å². The van der Waals surface area contributed by atoms with Crippen LogP contribution in [0.4, 0.5) is 0 Å². The summed E-state index contributed by atoms with van der Waals surface area (Å²) in [5.41, 5.74) is 2.24. The molecular weight excluding hydrogens is 318 g/mol. The van der Waals surface area contributed by atoms with E-state index in [2.05, 4.69) is 69.5 Å². The van der Waals surface area contributed by atoms with Crippen molar-refractivity contribution in [1.82, 2.24) is 15.4 Å². The Balaban J connectivity index is 1.86. The highest BCUT2D eigenvalue weighted by Gasteiger charge is 2.07. The van der Waals surface area contributed by atoms with Gasteiger partial charge in [-0.1, -0.05) is 40.1 Å². The summed E-state index contributed by atoms with van der Waals surface area (Å²) >= 11 is 3.45. The molecule has 2 aromatic rings. The van der Waals surface area contributed by atoms with Gasteiger partial charge in [0.25, 0.3) is 0 Å². The molecule has 0 radical (unpaired) electrons. The molecule has 0 spiro atoms. The Kier molecular flexibility index (Phi) is 5.76. The molecule has 0 unspecified atom stereocenters. The molecule has 1 aromatic carbocycles. The molecular formula is C15H20BrN3O. The van der Waals surface area contributed by atoms with Crippen LogP contribution in [0.25, 0.3) is 0 Å². The Hall–Kier alpha value is -1.17. The number of nitrogens with zero attached hydrogens (tertiary/aromatic N) is 2. The van der Waals surface area contributed by atoms with Gasteiger partial charge in [0.05, 0.1) is 12.2 Å². The molecule has 2 rings (SSSR count). The number of hydrogen-bond acceptors (Lipinski definition) is 4. The third-order valence-corrected chi connectivity index (χ3v) is 3.48. The lowest BCUT2D eigenvalue weighted by molar-refractivity contribution is 0.265. The number of aromatic nitrogens is 1. The summed E-state index contributed by atoms with van der Waals surface area (Å²) in [5, 5.41) is 7.29. The lowest BCUT2D eigenvalue weighted by Crippen LogP contribution is -2.16. The highest BCUT2D eigenvalue weighted by Crippen LogP contribution is 2.13. The van der Waals surface area contributed by atoms with Gasteiger partial charge in [-0.2, -0.15) is 0 Å². The number of hydrogen-bond donors (Lipinski definition) is 1. The normalized spacial score (nSPS) is 11.2. The van der Waals surface area contributed by atoms with Crippen molar-refractivity contribution in [3.05, 3.63) is 51.8 Å². The van der Waals surface area contributed by atoms with Gasteiger partial charge < -0.3 is 9.84 Å². The van der Waals surface area contributed by atoms with Gasteiger partial charge in [-0.3, -0.25) is 4.90 Å². The van der Waals surface area contributed by atoms with Gasteiger partial charge in [0, 0.05) is 23.6 Å². The first kappa shape index (κ1) is 15.2. The first-order valence-corrected chi connectivity index (χ1v) is 7.55. The minimum Gasteiger partial charge on any atom is -0.360 e. The summed E-state index contributed by atoms with van der Waals surface area (Å²) in [6.07, 6.45) is 0. The van der Waals surface area contributed by atoms with Crippen LogP contribution in [-0.2, 0) is 19.6 Å². The fourth-order valence-electron chi connectivity index (χ4n) is 1.99. The van der Waals surface area contributed by atoms with Crippen LogP contribution in [0.5, 0.6) is 0 Å². The van der Waals surface area contributed by atoms with Crippen LogP contribution in [0.3, 0.4) is 0 Å². The van der Waals surface area contributed by atoms with Gasteiger partial charge in [0.2, 0.25) is 0 Å². The smallest absolute Gasteiger partial charge is 0.151 e. The zero-order valence-corrected chi connectivity index (χ0v) is 13.5. The molecule has 0 aliphatic carbocycles. The molecule has 1 N–H and O–H groups in total. The van der Waals surface area contributed by atoms with E-state index < -0.39 is 0 Å². The van der Waals surface area contributed by atoms with Crippen molar-refractivity contribution in [3.63, 3.8) is 0 Å². The van der Waals surface area contributed by atoms with Gasteiger partial charge in [0.1, 0.15) is 0 Å². The van der Waals surface area contributed by atoms with Crippen molar-refractivity contribution in [2.45, 2.75) is 26.6 Å². The second kappa shape index (κ2) is 7.57. The number of nitrogens with one attached hydrogen (secondary N) is 1. The topological polar surface area (TPSA) is 41.3 Å². The van der Waals surface area contributed by atoms with Crippen molar-refractivity contribution in [1.29, 1.82) is 0 Å². The Labute approximate surface area is 128 Å². The van der Waals surface area contributed by atoms with Crippen LogP contribution in [0, 0.1) is 0 Å². The minimum absolute atomic E-state index is 0.759. The number of halogens is 1. The van der Waals surface area contributed by atoms with E-state index in [9.17, 15) is 0 Å². The Morgan fingerprint density at radius 2 is 2.00 bits per heavy atom. The predicted octanol–water partition coefficient (Wildman–Crippen LogP) is 3.18. The number of rotatable bonds is 7. The Morgan fingerprint density at radius 1 is 1.25 bits per heavy atom. The van der Waals surface area contributed by atoms with Crippen molar-refractivity contribution in [2.75, 3.05) is 13.6 Å². The summed E-state index contributed by atoms with van der Waals surface area (Å²) in [5.74, 6) is 0.900. The molecule has 0 bridgehead atoms. The Bertz CT molecular complexity index is 524. The minimum atomic E-state index is 0.759. The summed E-state index contributed by atoms with van der Waals surface area (Å²) in [4.78, 5) is 2.21. The van der Waals surface area contributed by atoms with Gasteiger partial charge >= 0.3 is 0 Å². The summed E-state index contributed by atoms with van der Waals surface area (Å²) in [6, 6.07) is 10.4. The molecule has 0 aliphatic heterocycles. The van der Waals surface area contributed by atoms with Gasteiger partial charge in [-0.25, -0.2) is 0 Å². The fourth-order valence-corrected chi connectivity index (χ4v) is 2.25. The molecule has 0 aliphatic rings. The molecule has 0 amide bonds. The van der Waals surface area contributed by atoms with Crippen molar-refractivity contribution >= 4 is 15.9 Å². The van der Waals surface area contributed by atoms with E-state index in [-0.39, 0.29) is 0 Å². The summed E-state index contributed by atoms with van der Waals surface area (Å²) in [7, 11) is 2.08. The number of benzene rings is 1. The van der Waals surface area contributed by atoms with Crippen LogP contribution >= 0.6 is 15.9 Å². The quantitative estimate of drug-likeness (QED) is 0.842. The third-order valence-electron chi connectivity index (χ3n) is 2.96. The molecule has 5 heteroatoms. The molecule has 4 nitrogen and oxygen atoms in total. The molecule has 0 saturated carbocycles. The third kappa shape index (κ3) is 4.74. The summed E-state index contributed by atoms with van der Waals surface area (Å²) in [6.45, 7) is 5.42. The molecule has 108 valence electrons. The van der Waals surface area contributed by atoms with E-state index >= 15 is 0 Å². The first-order chi connectivity index (χ1) is 9.67. The van der Waals surface area contributed by atoms with E-state index in [1.807, 2.05) is 6.07 Å². The zero-order valence-electron chi connectivity index (χ0n) is 11.9. The van der Waals surface area contributed by atoms with Crippen LogP contribution in [0.2, 0.25) is 0 Å². The average molecular weight is 338 g/mol. The highest BCUT2D eigenvalue weighted by molar-refractivity contribution is 9.10. The van der Waals surface area contributed by atoms with Crippen LogP contribution in [0.1, 0.15) is 23.9 Å². The zero-order chi connectivity index (χ0) is 14.4. The predicted molar refractivity (Wildman–Crippen MR) is 83.2 cm³/mol. The SMILES string of the molecule is CCNCc1cc(CN(C)Cc2ccc(Br)cc2)on1. The van der Waals surface area contributed by atoms with Crippen molar-refractivity contribution in [3.8, 4) is 0 Å². The standard InChI is InChI=1S/C15H20BrN3O/c1-3-17-9-14-8-15(20-18-14)11-19(2)10-12-4-6-13(16)7-5-12/h4-8,17H,3,9-11H2,1-2H3. The van der Waals surface area contributed by atoms with Crippen LogP contribution in [-0.4, -0.2) is 23.6 Å². The lowest BCUT2D eigenvalue weighted by atomic mass is 10.2. The fraction of sp³-hybridized carbons (Fsp3) is 0.400. The molecule has 0 fully saturated rings. The molecule has 20 heavy (non-hydrogen) atoms. The van der Waals surface area contributed by atoms with Gasteiger partial charge in [0.15, 0.2) is 5.76 Å². The Morgan fingerprint density at radius 3 is 2.70 bits per heavy atom. The second-order valence-electron chi connectivity index (χ2n) is 4.86. The largest absolute Gasteiger partial charge is 0.360 e. The van der Waals surface area contributed by atoms with E-state index in [1.165, 1.54) is 5.56 Å². The van der Waals surface area contributed by atoms with E-state index in [4.69, 9.17) is 4.52 Å². The van der Waals surface area contributed by atoms with Gasteiger partial charge in [-0.15, -0.1) is 0 Å². The molecule has 1 aromatic heterocycles. The monoisotopic (exact) mass is 337 g/mol. The van der Waals surface area contributed by atoms with Crippen LogP contribution < -0.4 is 5.32 Å². The van der Waals surface area contributed by atoms with E-state index in [0.29, 0.717) is 0 Å². The molecule has 0 atom stereocenters. The van der Waals surface area contributed by atoms with E-state index in [1.54, 1.807) is 0 Å².